The van der Waals surface area contributed by atoms with Crippen molar-refractivity contribution in [1.82, 2.24) is 5.32 Å². The lowest BCUT2D eigenvalue weighted by Crippen LogP contribution is -2.28. The molecule has 0 saturated carbocycles. The molecule has 0 spiro atoms. The first-order valence-corrected chi connectivity index (χ1v) is 7.73. The first kappa shape index (κ1) is 13.4. The van der Waals surface area contributed by atoms with Gasteiger partial charge in [0.05, 0.1) is 0 Å². The Morgan fingerprint density at radius 3 is 2.40 bits per heavy atom. The third-order valence-corrected chi connectivity index (χ3v) is 4.46. The number of hydrogen-bond acceptors (Lipinski definition) is 1. The van der Waals surface area contributed by atoms with E-state index in [0.717, 1.165) is 19.4 Å². The lowest BCUT2D eigenvalue weighted by molar-refractivity contribution is 0.544. The lowest BCUT2D eigenvalue weighted by atomic mass is 9.88. The molecule has 0 amide bonds. The van der Waals surface area contributed by atoms with E-state index >= 15 is 0 Å². The summed E-state index contributed by atoms with van der Waals surface area (Å²) in [7, 11) is 0. The summed E-state index contributed by atoms with van der Waals surface area (Å²) in [5, 5.41) is 3.68. The smallest absolute Gasteiger partial charge is 0.0177 e. The standard InChI is InChI=1S/C19H23N/c1-2-15-8-10-17(11-9-15)18-12-13-20-19(18)14-16-6-4-3-5-7-16/h3-11,18-20H,2,12-14H2,1H3. The predicted molar refractivity (Wildman–Crippen MR) is 85.1 cm³/mol. The molecule has 0 aliphatic carbocycles. The van der Waals surface area contributed by atoms with Gasteiger partial charge in [-0.1, -0.05) is 61.5 Å². The van der Waals surface area contributed by atoms with Crippen LogP contribution in [0.25, 0.3) is 0 Å². The zero-order valence-corrected chi connectivity index (χ0v) is 12.2. The maximum absolute atomic E-state index is 3.68. The van der Waals surface area contributed by atoms with Gasteiger partial charge in [0.25, 0.3) is 0 Å². The molecular formula is C19H23N. The first-order valence-electron chi connectivity index (χ1n) is 7.73. The van der Waals surface area contributed by atoms with Gasteiger partial charge in [-0.2, -0.15) is 0 Å². The van der Waals surface area contributed by atoms with E-state index in [1.54, 1.807) is 0 Å². The van der Waals surface area contributed by atoms with Crippen LogP contribution in [0.2, 0.25) is 0 Å². The fourth-order valence-corrected chi connectivity index (χ4v) is 3.25. The molecule has 1 N–H and O–H groups in total. The molecule has 1 saturated heterocycles. The number of nitrogens with one attached hydrogen (secondary N) is 1. The molecule has 2 aromatic rings. The highest BCUT2D eigenvalue weighted by atomic mass is 14.9. The van der Waals surface area contributed by atoms with E-state index in [1.807, 2.05) is 0 Å². The van der Waals surface area contributed by atoms with Crippen LogP contribution in [-0.2, 0) is 12.8 Å². The molecule has 1 fully saturated rings. The molecule has 0 radical (unpaired) electrons. The lowest BCUT2D eigenvalue weighted by Gasteiger charge is -2.20. The number of benzene rings is 2. The highest BCUT2D eigenvalue weighted by molar-refractivity contribution is 5.28. The Hall–Kier alpha value is -1.60. The van der Waals surface area contributed by atoms with Crippen LogP contribution in [-0.4, -0.2) is 12.6 Å². The van der Waals surface area contributed by atoms with Crippen molar-refractivity contribution in [3.63, 3.8) is 0 Å². The van der Waals surface area contributed by atoms with Crippen molar-refractivity contribution in [1.29, 1.82) is 0 Å². The SMILES string of the molecule is CCc1ccc(C2CCNC2Cc2ccccc2)cc1. The Bertz CT molecular complexity index is 529. The van der Waals surface area contributed by atoms with Gasteiger partial charge in [-0.3, -0.25) is 0 Å². The van der Waals surface area contributed by atoms with Crippen LogP contribution in [0, 0.1) is 0 Å². The monoisotopic (exact) mass is 265 g/mol. The van der Waals surface area contributed by atoms with Gasteiger partial charge in [-0.25, -0.2) is 0 Å². The number of hydrogen-bond donors (Lipinski definition) is 1. The summed E-state index contributed by atoms with van der Waals surface area (Å²) >= 11 is 0. The van der Waals surface area contributed by atoms with Crippen molar-refractivity contribution >= 4 is 0 Å². The minimum atomic E-state index is 0.574. The Labute approximate surface area is 122 Å². The molecule has 2 aromatic carbocycles. The van der Waals surface area contributed by atoms with Crippen LogP contribution in [0.4, 0.5) is 0 Å². The molecule has 0 bridgehead atoms. The predicted octanol–water partition coefficient (Wildman–Crippen LogP) is 3.94. The molecular weight excluding hydrogens is 242 g/mol. The van der Waals surface area contributed by atoms with Gasteiger partial charge >= 0.3 is 0 Å². The summed E-state index contributed by atoms with van der Waals surface area (Å²) < 4.78 is 0. The van der Waals surface area contributed by atoms with Crippen LogP contribution < -0.4 is 5.32 Å². The molecule has 20 heavy (non-hydrogen) atoms. The van der Waals surface area contributed by atoms with Crippen LogP contribution in [0.3, 0.4) is 0 Å². The molecule has 1 heteroatoms. The van der Waals surface area contributed by atoms with Gasteiger partial charge in [0, 0.05) is 12.0 Å². The van der Waals surface area contributed by atoms with Crippen molar-refractivity contribution in [2.45, 2.75) is 38.1 Å². The van der Waals surface area contributed by atoms with Crippen LogP contribution >= 0.6 is 0 Å². The van der Waals surface area contributed by atoms with E-state index in [9.17, 15) is 0 Å². The minimum Gasteiger partial charge on any atom is -0.313 e. The molecule has 1 nitrogen and oxygen atoms in total. The van der Waals surface area contributed by atoms with Gasteiger partial charge in [0.1, 0.15) is 0 Å². The summed E-state index contributed by atoms with van der Waals surface area (Å²) in [6.07, 6.45) is 3.50. The van der Waals surface area contributed by atoms with Gasteiger partial charge < -0.3 is 5.32 Å². The summed E-state index contributed by atoms with van der Waals surface area (Å²) in [6, 6.07) is 20.6. The van der Waals surface area contributed by atoms with E-state index in [0.29, 0.717) is 12.0 Å². The van der Waals surface area contributed by atoms with Crippen molar-refractivity contribution in [3.05, 3.63) is 71.3 Å². The fraction of sp³-hybridized carbons (Fsp3) is 0.368. The zero-order valence-electron chi connectivity index (χ0n) is 12.2. The van der Waals surface area contributed by atoms with Crippen molar-refractivity contribution in [2.75, 3.05) is 6.54 Å². The van der Waals surface area contributed by atoms with Crippen molar-refractivity contribution in [3.8, 4) is 0 Å². The van der Waals surface area contributed by atoms with Gasteiger partial charge in [0.15, 0.2) is 0 Å². The van der Waals surface area contributed by atoms with Crippen LogP contribution in [0.15, 0.2) is 54.6 Å². The Morgan fingerprint density at radius 1 is 0.950 bits per heavy atom. The first-order chi connectivity index (χ1) is 9.86. The minimum absolute atomic E-state index is 0.574. The van der Waals surface area contributed by atoms with Gasteiger partial charge in [0.2, 0.25) is 0 Å². The fourth-order valence-electron chi connectivity index (χ4n) is 3.25. The Kier molecular flexibility index (Phi) is 4.17. The Balaban J connectivity index is 1.74. The summed E-state index contributed by atoms with van der Waals surface area (Å²) in [5.41, 5.74) is 4.36. The molecule has 2 unspecified atom stereocenters. The maximum atomic E-state index is 3.68. The van der Waals surface area contributed by atoms with Crippen molar-refractivity contribution < 1.29 is 0 Å². The summed E-state index contributed by atoms with van der Waals surface area (Å²) in [4.78, 5) is 0. The highest BCUT2D eigenvalue weighted by Crippen LogP contribution is 2.30. The van der Waals surface area contributed by atoms with E-state index < -0.39 is 0 Å². The summed E-state index contributed by atoms with van der Waals surface area (Å²) in [5.74, 6) is 0.654. The Morgan fingerprint density at radius 2 is 1.70 bits per heavy atom. The third kappa shape index (κ3) is 2.94. The van der Waals surface area contributed by atoms with Crippen LogP contribution in [0.1, 0.15) is 36.0 Å². The number of aryl methyl sites for hydroxylation is 1. The van der Waals surface area contributed by atoms with E-state index in [2.05, 4.69) is 66.8 Å². The van der Waals surface area contributed by atoms with Gasteiger partial charge in [-0.15, -0.1) is 0 Å². The average molecular weight is 265 g/mol. The number of rotatable bonds is 4. The molecule has 1 heterocycles. The molecule has 1 aliphatic rings. The normalized spacial score (nSPS) is 22.1. The molecule has 104 valence electrons. The van der Waals surface area contributed by atoms with Crippen LogP contribution in [0.5, 0.6) is 0 Å². The second kappa shape index (κ2) is 6.23. The molecule has 3 rings (SSSR count). The topological polar surface area (TPSA) is 12.0 Å². The zero-order chi connectivity index (χ0) is 13.8. The summed E-state index contributed by atoms with van der Waals surface area (Å²) in [6.45, 7) is 3.35. The molecule has 0 aromatic heterocycles. The van der Waals surface area contributed by atoms with Gasteiger partial charge in [-0.05, 0) is 42.5 Å². The van der Waals surface area contributed by atoms with E-state index in [1.165, 1.54) is 23.1 Å². The molecule has 1 aliphatic heterocycles. The second-order valence-electron chi connectivity index (χ2n) is 5.74. The maximum Gasteiger partial charge on any atom is 0.0177 e. The van der Waals surface area contributed by atoms with E-state index in [-0.39, 0.29) is 0 Å². The molecule has 2 atom stereocenters. The second-order valence-corrected chi connectivity index (χ2v) is 5.74. The quantitative estimate of drug-likeness (QED) is 0.883. The largest absolute Gasteiger partial charge is 0.313 e. The highest BCUT2D eigenvalue weighted by Gasteiger charge is 2.27. The van der Waals surface area contributed by atoms with E-state index in [4.69, 9.17) is 0 Å². The van der Waals surface area contributed by atoms with Crippen molar-refractivity contribution in [2.24, 2.45) is 0 Å². The average Bonchev–Trinajstić information content (AvgIpc) is 2.96. The third-order valence-electron chi connectivity index (χ3n) is 4.46.